The van der Waals surface area contributed by atoms with Crippen LogP contribution < -0.4 is 0 Å². The van der Waals surface area contributed by atoms with Crippen LogP contribution in [-0.4, -0.2) is 66.3 Å². The molecule has 9 nitrogen and oxygen atoms in total. The highest BCUT2D eigenvalue weighted by Gasteiger charge is 2.26. The molecule has 0 aromatic rings. The number of hydrogen-bond acceptors (Lipinski definition) is 8. The summed E-state index contributed by atoms with van der Waals surface area (Å²) in [4.78, 5) is 22.5. The van der Waals surface area contributed by atoms with E-state index >= 15 is 0 Å². The van der Waals surface area contributed by atoms with Gasteiger partial charge in [-0.05, 0) is 64.2 Å². The van der Waals surface area contributed by atoms with Crippen molar-refractivity contribution in [2.45, 2.75) is 167 Å². The van der Waals surface area contributed by atoms with Gasteiger partial charge >= 0.3 is 13.8 Å². The fraction of sp³-hybridized carbons (Fsp3) is 0.816. The van der Waals surface area contributed by atoms with Crippen LogP contribution >= 0.6 is 7.82 Å². The van der Waals surface area contributed by atoms with Crippen molar-refractivity contribution < 1.29 is 43.0 Å². The fourth-order valence-electron chi connectivity index (χ4n) is 4.84. The largest absolute Gasteiger partial charge is 0.472 e. The van der Waals surface area contributed by atoms with Crippen molar-refractivity contribution in [3.8, 4) is 0 Å². The van der Waals surface area contributed by atoms with Gasteiger partial charge < -0.3 is 24.6 Å². The van der Waals surface area contributed by atoms with Crippen molar-refractivity contribution in [1.82, 2.24) is 0 Å². The molecular weight excluding hydrogens is 631 g/mol. The number of carbonyl (C=O) groups excluding carboxylic acids is 1. The summed E-state index contributed by atoms with van der Waals surface area (Å²) in [5.41, 5.74) is 0. The van der Waals surface area contributed by atoms with Crippen LogP contribution in [0.25, 0.3) is 0 Å². The summed E-state index contributed by atoms with van der Waals surface area (Å²) in [7, 11) is -4.51. The minimum atomic E-state index is -4.51. The molecule has 10 heteroatoms. The van der Waals surface area contributed by atoms with E-state index in [1.807, 2.05) is 0 Å². The number of phosphoric acid groups is 1. The van der Waals surface area contributed by atoms with Gasteiger partial charge in [-0.1, -0.05) is 121 Å². The molecule has 0 aromatic carbocycles. The van der Waals surface area contributed by atoms with Gasteiger partial charge in [-0.2, -0.15) is 0 Å². The monoisotopic (exact) mass is 702 g/mol. The highest BCUT2D eigenvalue weighted by atomic mass is 31.2. The lowest BCUT2D eigenvalue weighted by Crippen LogP contribution is -2.29. The van der Waals surface area contributed by atoms with Gasteiger partial charge in [0.2, 0.25) is 0 Å². The molecule has 0 aromatic heterocycles. The van der Waals surface area contributed by atoms with Crippen LogP contribution in [0.3, 0.4) is 0 Å². The van der Waals surface area contributed by atoms with E-state index in [4.69, 9.17) is 23.6 Å². The lowest BCUT2D eigenvalue weighted by molar-refractivity contribution is -0.154. The first kappa shape index (κ1) is 46.7. The molecule has 3 unspecified atom stereocenters. The van der Waals surface area contributed by atoms with Gasteiger partial charge in [0.15, 0.2) is 0 Å². The van der Waals surface area contributed by atoms with Crippen LogP contribution in [0.4, 0.5) is 0 Å². The summed E-state index contributed by atoms with van der Waals surface area (Å²) in [6.07, 6.45) is 35.2. The smallest absolute Gasteiger partial charge is 0.457 e. The van der Waals surface area contributed by atoms with E-state index in [1.165, 1.54) is 64.2 Å². The van der Waals surface area contributed by atoms with Gasteiger partial charge in [0, 0.05) is 13.0 Å². The van der Waals surface area contributed by atoms with E-state index in [0.29, 0.717) is 13.0 Å². The number of carbonyl (C=O) groups is 1. The molecule has 0 saturated carbocycles. The number of esters is 1. The average Bonchev–Trinajstić information content (AvgIpc) is 3.07. The maximum absolute atomic E-state index is 12.5. The van der Waals surface area contributed by atoms with E-state index < -0.39 is 39.2 Å². The molecule has 0 radical (unpaired) electrons. The minimum Gasteiger partial charge on any atom is -0.457 e. The summed E-state index contributed by atoms with van der Waals surface area (Å²) in [6.45, 7) is 3.41. The molecule has 0 aliphatic rings. The summed E-state index contributed by atoms with van der Waals surface area (Å²) < 4.78 is 33.2. The van der Waals surface area contributed by atoms with Crippen LogP contribution in [0, 0.1) is 0 Å². The van der Waals surface area contributed by atoms with Crippen molar-refractivity contribution >= 4 is 13.8 Å². The Balaban J connectivity index is 4.28. The van der Waals surface area contributed by atoms with E-state index in [9.17, 15) is 19.4 Å². The third-order valence-corrected chi connectivity index (χ3v) is 8.75. The number of unbranched alkanes of at least 4 members (excludes halogenated alkanes) is 16. The molecule has 282 valence electrons. The Morgan fingerprint density at radius 1 is 0.646 bits per heavy atom. The second-order valence-electron chi connectivity index (χ2n) is 12.6. The second-order valence-corrected chi connectivity index (χ2v) is 14.0. The van der Waals surface area contributed by atoms with Gasteiger partial charge in [-0.15, -0.1) is 0 Å². The normalized spacial score (nSPS) is 14.7. The first-order valence-corrected chi connectivity index (χ1v) is 20.5. The molecule has 0 fully saturated rings. The lowest BCUT2D eigenvalue weighted by Gasteiger charge is -2.20. The van der Waals surface area contributed by atoms with Gasteiger partial charge in [0.25, 0.3) is 0 Å². The predicted molar refractivity (Wildman–Crippen MR) is 196 cm³/mol. The molecule has 0 heterocycles. The molecule has 48 heavy (non-hydrogen) atoms. The highest BCUT2D eigenvalue weighted by molar-refractivity contribution is 7.47. The van der Waals surface area contributed by atoms with Crippen LogP contribution in [-0.2, 0) is 27.9 Å². The van der Waals surface area contributed by atoms with Crippen LogP contribution in [0.1, 0.15) is 155 Å². The molecule has 0 aliphatic carbocycles. The topological polar surface area (TPSA) is 132 Å². The molecule has 3 N–H and O–H groups in total. The quantitative estimate of drug-likeness (QED) is 0.0253. The number of aliphatic hydroxyl groups is 2. The Bertz CT molecular complexity index is 846. The minimum absolute atomic E-state index is 0.0392. The van der Waals surface area contributed by atoms with E-state index in [1.54, 1.807) is 0 Å². The van der Waals surface area contributed by atoms with E-state index in [0.717, 1.165) is 64.2 Å². The Kier molecular flexibility index (Phi) is 34.5. The SMILES string of the molecule is CCCC/C=C\CCCCCCCCOCC(COP(=O)(O)OCC(O)CO)OC(=O)CCCCCCC/C=C\C/C=C\CCCCC. The third kappa shape index (κ3) is 34.5. The highest BCUT2D eigenvalue weighted by Crippen LogP contribution is 2.43. The summed E-state index contributed by atoms with van der Waals surface area (Å²) in [5, 5.41) is 18.3. The second kappa shape index (κ2) is 35.5. The zero-order valence-electron chi connectivity index (χ0n) is 30.4. The van der Waals surface area contributed by atoms with Crippen molar-refractivity contribution in [3.05, 3.63) is 36.5 Å². The van der Waals surface area contributed by atoms with Crippen molar-refractivity contribution in [3.63, 3.8) is 0 Å². The molecule has 0 saturated heterocycles. The molecule has 3 atom stereocenters. The van der Waals surface area contributed by atoms with Crippen molar-refractivity contribution in [1.29, 1.82) is 0 Å². The average molecular weight is 703 g/mol. The number of phosphoric ester groups is 1. The molecule has 0 aliphatic heterocycles. The first-order valence-electron chi connectivity index (χ1n) is 19.0. The molecule has 0 spiro atoms. The Morgan fingerprint density at radius 3 is 1.75 bits per heavy atom. The van der Waals surface area contributed by atoms with Crippen LogP contribution in [0.5, 0.6) is 0 Å². The number of rotatable bonds is 36. The summed E-state index contributed by atoms with van der Waals surface area (Å²) in [6, 6.07) is 0. The number of hydrogen-bond donors (Lipinski definition) is 3. The number of aliphatic hydroxyl groups excluding tert-OH is 2. The number of ether oxygens (including phenoxy) is 2. The van der Waals surface area contributed by atoms with Crippen molar-refractivity contribution in [2.24, 2.45) is 0 Å². The Labute approximate surface area is 293 Å². The molecule has 0 bridgehead atoms. The number of allylic oxidation sites excluding steroid dienone is 6. The predicted octanol–water partition coefficient (Wildman–Crippen LogP) is 9.69. The van der Waals surface area contributed by atoms with E-state index in [2.05, 4.69) is 50.3 Å². The van der Waals surface area contributed by atoms with Crippen molar-refractivity contribution in [2.75, 3.05) is 33.0 Å². The van der Waals surface area contributed by atoms with E-state index in [-0.39, 0.29) is 19.6 Å². The third-order valence-electron chi connectivity index (χ3n) is 7.80. The Morgan fingerprint density at radius 2 is 1.15 bits per heavy atom. The van der Waals surface area contributed by atoms with Crippen LogP contribution in [0.15, 0.2) is 36.5 Å². The molecule has 0 amide bonds. The molecule has 0 rings (SSSR count). The summed E-state index contributed by atoms with van der Waals surface area (Å²) in [5.74, 6) is -0.400. The maximum Gasteiger partial charge on any atom is 0.472 e. The summed E-state index contributed by atoms with van der Waals surface area (Å²) >= 11 is 0. The van der Waals surface area contributed by atoms with Gasteiger partial charge in [0.1, 0.15) is 12.2 Å². The lowest BCUT2D eigenvalue weighted by atomic mass is 10.1. The zero-order chi connectivity index (χ0) is 35.4. The zero-order valence-corrected chi connectivity index (χ0v) is 31.3. The van der Waals surface area contributed by atoms with Crippen LogP contribution in [0.2, 0.25) is 0 Å². The fourth-order valence-corrected chi connectivity index (χ4v) is 5.62. The molecular formula is C38H71O9P. The van der Waals surface area contributed by atoms with Gasteiger partial charge in [0.05, 0.1) is 26.4 Å². The standard InChI is InChI=1S/C38H71O9P/c1-3-5-7-9-11-13-15-17-18-19-20-22-24-26-28-30-38(41)47-37(35-46-48(42,43)45-33-36(40)32-39)34-44-31-29-27-25-23-21-16-14-12-10-8-6-4-2/h10-13,17-18,36-37,39-40H,3-9,14-16,19-35H2,1-2H3,(H,42,43)/b12-10-,13-11-,18-17-. The van der Waals surface area contributed by atoms with Gasteiger partial charge in [-0.25, -0.2) is 4.57 Å². The maximum atomic E-state index is 12.5. The Hall–Kier alpha value is -1.32. The van der Waals surface area contributed by atoms with Gasteiger partial charge in [-0.3, -0.25) is 13.8 Å². The first-order chi connectivity index (χ1) is 23.3.